The number of rotatable bonds is 5. The highest BCUT2D eigenvalue weighted by atomic mass is 32.1. The van der Waals surface area contributed by atoms with Crippen LogP contribution in [0.25, 0.3) is 0 Å². The Morgan fingerprint density at radius 1 is 1.24 bits per heavy atom. The van der Waals surface area contributed by atoms with E-state index in [1.54, 1.807) is 0 Å². The summed E-state index contributed by atoms with van der Waals surface area (Å²) in [6, 6.07) is 2.76. The van der Waals surface area contributed by atoms with Crippen molar-refractivity contribution in [3.8, 4) is 0 Å². The van der Waals surface area contributed by atoms with Crippen LogP contribution in [0.3, 0.4) is 0 Å². The summed E-state index contributed by atoms with van der Waals surface area (Å²) >= 11 is 4.08. The lowest BCUT2D eigenvalue weighted by Gasteiger charge is -2.24. The topological polar surface area (TPSA) is 74.7 Å². The summed E-state index contributed by atoms with van der Waals surface area (Å²) < 4.78 is 37.5. The van der Waals surface area contributed by atoms with Gasteiger partial charge < -0.3 is 10.0 Å². The largest absolute Gasteiger partial charge is 0.480 e. The fourth-order valence-electron chi connectivity index (χ4n) is 2.70. The molecule has 0 saturated carbocycles. The molecule has 1 saturated heterocycles. The number of aliphatic carboxylic acids is 1. The minimum atomic E-state index is -4.49. The average molecular weight is 375 g/mol. The molecule has 25 heavy (non-hydrogen) atoms. The smallest absolute Gasteiger partial charge is 0.416 e. The Hall–Kier alpha value is -2.03. The summed E-state index contributed by atoms with van der Waals surface area (Å²) in [7, 11) is 0. The number of halogens is 3. The van der Waals surface area contributed by atoms with E-state index < -0.39 is 40.7 Å². The number of likely N-dealkylation sites (tertiary alicyclic amines) is 1. The highest BCUT2D eigenvalue weighted by molar-refractivity contribution is 7.81. The van der Waals surface area contributed by atoms with Crippen LogP contribution in [0.15, 0.2) is 24.3 Å². The fraction of sp³-hybridized carbons (Fsp3) is 0.438. The van der Waals surface area contributed by atoms with E-state index in [1.165, 1.54) is 4.90 Å². The number of thiol groups is 1. The number of amides is 1. The van der Waals surface area contributed by atoms with Crippen LogP contribution in [-0.4, -0.2) is 45.5 Å². The number of carboxylic acid groups (broad SMARTS) is 1. The van der Waals surface area contributed by atoms with Gasteiger partial charge in [-0.1, -0.05) is 12.1 Å². The zero-order valence-electron chi connectivity index (χ0n) is 13.0. The number of carbonyl (C=O) groups excluding carboxylic acids is 2. The predicted molar refractivity (Wildman–Crippen MR) is 85.5 cm³/mol. The number of hydrogen-bond acceptors (Lipinski definition) is 4. The summed E-state index contributed by atoms with van der Waals surface area (Å²) in [5, 5.41) is 8.04. The number of nitrogens with zero attached hydrogens (tertiary/aromatic N) is 1. The van der Waals surface area contributed by atoms with Crippen LogP contribution in [0.4, 0.5) is 13.2 Å². The molecule has 1 aromatic rings. The Bertz CT molecular complexity index is 675. The molecule has 1 aliphatic heterocycles. The van der Waals surface area contributed by atoms with Gasteiger partial charge in [-0.25, -0.2) is 4.79 Å². The Labute approximate surface area is 147 Å². The van der Waals surface area contributed by atoms with E-state index in [-0.39, 0.29) is 18.5 Å². The number of benzene rings is 1. The molecule has 1 aromatic carbocycles. The van der Waals surface area contributed by atoms with Crippen molar-refractivity contribution in [3.63, 3.8) is 0 Å². The Balaban J connectivity index is 2.02. The normalized spacial score (nSPS) is 18.9. The molecule has 2 rings (SSSR count). The molecule has 0 radical (unpaired) electrons. The molecule has 136 valence electrons. The van der Waals surface area contributed by atoms with Crippen LogP contribution in [-0.2, 0) is 15.8 Å². The molecule has 0 spiro atoms. The third-order valence-corrected chi connectivity index (χ3v) is 4.42. The van der Waals surface area contributed by atoms with Gasteiger partial charge in [-0.2, -0.15) is 25.8 Å². The molecule has 2 atom stereocenters. The summed E-state index contributed by atoms with van der Waals surface area (Å²) in [6.45, 7) is 0.279. The first-order chi connectivity index (χ1) is 11.6. The van der Waals surface area contributed by atoms with Crippen LogP contribution in [0.1, 0.15) is 35.2 Å². The molecular weight excluding hydrogens is 359 g/mol. The van der Waals surface area contributed by atoms with E-state index in [0.29, 0.717) is 12.8 Å². The number of carbonyl (C=O) groups is 3. The number of hydrogen-bond donors (Lipinski definition) is 2. The molecule has 0 aliphatic carbocycles. The van der Waals surface area contributed by atoms with E-state index in [2.05, 4.69) is 12.6 Å². The molecule has 1 aliphatic rings. The van der Waals surface area contributed by atoms with Crippen molar-refractivity contribution < 1.29 is 32.7 Å². The van der Waals surface area contributed by atoms with Crippen LogP contribution in [0.5, 0.6) is 0 Å². The first kappa shape index (κ1) is 19.3. The lowest BCUT2D eigenvalue weighted by atomic mass is 10.0. The van der Waals surface area contributed by atoms with Gasteiger partial charge in [0.1, 0.15) is 6.04 Å². The highest BCUT2D eigenvalue weighted by Crippen LogP contribution is 2.29. The molecule has 1 amide bonds. The van der Waals surface area contributed by atoms with Crippen LogP contribution >= 0.6 is 12.6 Å². The van der Waals surface area contributed by atoms with E-state index in [9.17, 15) is 27.6 Å². The summed E-state index contributed by atoms with van der Waals surface area (Å²) in [4.78, 5) is 36.7. The third kappa shape index (κ3) is 4.53. The number of Topliss-reactive ketones (excluding diaryl/α,β-unsaturated/α-hetero) is 1. The second-order valence-electron chi connectivity index (χ2n) is 5.75. The van der Waals surface area contributed by atoms with Crippen LogP contribution in [0, 0.1) is 0 Å². The molecule has 9 heteroatoms. The molecule has 5 nitrogen and oxygen atoms in total. The minimum Gasteiger partial charge on any atom is -0.480 e. The third-order valence-electron chi connectivity index (χ3n) is 4.02. The van der Waals surface area contributed by atoms with E-state index in [0.717, 1.165) is 24.3 Å². The molecule has 0 aromatic heterocycles. The van der Waals surface area contributed by atoms with E-state index >= 15 is 0 Å². The van der Waals surface area contributed by atoms with Crippen molar-refractivity contribution in [1.82, 2.24) is 4.90 Å². The van der Waals surface area contributed by atoms with Crippen LogP contribution in [0.2, 0.25) is 0 Å². The zero-order chi connectivity index (χ0) is 18.8. The lowest BCUT2D eigenvalue weighted by molar-refractivity contribution is -0.148. The van der Waals surface area contributed by atoms with Gasteiger partial charge >= 0.3 is 12.1 Å². The minimum absolute atomic E-state index is 0.0380. The SMILES string of the molecule is O=C(CC(S)C(=O)N1CCC[C@H]1C(=O)O)c1ccc(C(F)(F)F)cc1. The average Bonchev–Trinajstić information content (AvgIpc) is 3.03. The van der Waals surface area contributed by atoms with Crippen molar-refractivity contribution in [2.45, 2.75) is 36.7 Å². The summed E-state index contributed by atoms with van der Waals surface area (Å²) in [5.74, 6) is -2.21. The summed E-state index contributed by atoms with van der Waals surface area (Å²) in [6.07, 6.45) is -3.92. The Kier molecular flexibility index (Phi) is 5.76. The monoisotopic (exact) mass is 375 g/mol. The first-order valence-electron chi connectivity index (χ1n) is 7.53. The molecule has 1 heterocycles. The van der Waals surface area contributed by atoms with Crippen molar-refractivity contribution in [1.29, 1.82) is 0 Å². The van der Waals surface area contributed by atoms with Gasteiger partial charge in [0.2, 0.25) is 5.91 Å². The Morgan fingerprint density at radius 2 is 1.84 bits per heavy atom. The maximum absolute atomic E-state index is 12.5. The number of carboxylic acids is 1. The van der Waals surface area contributed by atoms with Gasteiger partial charge in [-0.3, -0.25) is 9.59 Å². The molecule has 1 unspecified atom stereocenters. The molecule has 1 fully saturated rings. The van der Waals surface area contributed by atoms with Crippen LogP contribution < -0.4 is 0 Å². The first-order valence-corrected chi connectivity index (χ1v) is 8.04. The van der Waals surface area contributed by atoms with Gasteiger partial charge in [0, 0.05) is 18.5 Å². The maximum Gasteiger partial charge on any atom is 0.416 e. The lowest BCUT2D eigenvalue weighted by Crippen LogP contribution is -2.44. The van der Waals surface area contributed by atoms with Gasteiger partial charge in [-0.15, -0.1) is 0 Å². The van der Waals surface area contributed by atoms with Crippen molar-refractivity contribution in [3.05, 3.63) is 35.4 Å². The number of alkyl halides is 3. The second kappa shape index (κ2) is 7.47. The van der Waals surface area contributed by atoms with Gasteiger partial charge in [0.05, 0.1) is 10.8 Å². The second-order valence-corrected chi connectivity index (χ2v) is 6.37. The predicted octanol–water partition coefficient (Wildman–Crippen LogP) is 2.65. The van der Waals surface area contributed by atoms with Gasteiger partial charge in [-0.05, 0) is 25.0 Å². The Morgan fingerprint density at radius 3 is 2.36 bits per heavy atom. The molecule has 1 N–H and O–H groups in total. The highest BCUT2D eigenvalue weighted by Gasteiger charge is 2.36. The molecular formula is C16H16F3NO4S. The standard InChI is InChI=1S/C16H16F3NO4S/c17-16(18,19)10-5-3-9(4-6-10)12(21)8-13(25)14(22)20-7-1-2-11(20)15(23)24/h3-6,11,13,25H,1-2,7-8H2,(H,23,24)/t11-,13?/m0/s1. The van der Waals surface area contributed by atoms with Crippen molar-refractivity contribution in [2.75, 3.05) is 6.54 Å². The molecule has 0 bridgehead atoms. The van der Waals surface area contributed by atoms with Crippen molar-refractivity contribution in [2.24, 2.45) is 0 Å². The maximum atomic E-state index is 12.5. The van der Waals surface area contributed by atoms with Gasteiger partial charge in [0.15, 0.2) is 5.78 Å². The quantitative estimate of drug-likeness (QED) is 0.613. The van der Waals surface area contributed by atoms with E-state index in [4.69, 9.17) is 5.11 Å². The van der Waals surface area contributed by atoms with Crippen molar-refractivity contribution >= 4 is 30.3 Å². The van der Waals surface area contributed by atoms with E-state index in [1.807, 2.05) is 0 Å². The fourth-order valence-corrected chi connectivity index (χ4v) is 3.02. The summed E-state index contributed by atoms with van der Waals surface area (Å²) in [5.41, 5.74) is -0.833. The number of ketones is 1. The van der Waals surface area contributed by atoms with Gasteiger partial charge in [0.25, 0.3) is 0 Å². The zero-order valence-corrected chi connectivity index (χ0v) is 13.9.